The number of carbonyl (C=O) groups is 1. The van der Waals surface area contributed by atoms with Crippen molar-refractivity contribution in [1.29, 1.82) is 0 Å². The first-order valence-electron chi connectivity index (χ1n) is 6.70. The van der Waals surface area contributed by atoms with Gasteiger partial charge in [-0.25, -0.2) is 4.39 Å². The van der Waals surface area contributed by atoms with Crippen LogP contribution in [0.5, 0.6) is 5.75 Å². The second-order valence-electron chi connectivity index (χ2n) is 4.88. The van der Waals surface area contributed by atoms with Crippen LogP contribution in [0, 0.1) is 11.7 Å². The summed E-state index contributed by atoms with van der Waals surface area (Å²) in [6.45, 7) is 2.61. The first kappa shape index (κ1) is 18.2. The summed E-state index contributed by atoms with van der Waals surface area (Å²) in [5, 5.41) is 6.17. The van der Waals surface area contributed by atoms with E-state index in [2.05, 4.69) is 26.6 Å². The predicted molar refractivity (Wildman–Crippen MR) is 85.4 cm³/mol. The molecule has 1 aromatic carbocycles. The number of piperidine rings is 1. The molecule has 1 unspecified atom stereocenters. The number of halogens is 3. The highest BCUT2D eigenvalue weighted by molar-refractivity contribution is 9.10. The zero-order valence-electron chi connectivity index (χ0n) is 11.5. The molecule has 1 heterocycles. The van der Waals surface area contributed by atoms with Gasteiger partial charge in [0, 0.05) is 6.54 Å². The summed E-state index contributed by atoms with van der Waals surface area (Å²) < 4.78 is 18.8. The van der Waals surface area contributed by atoms with Gasteiger partial charge in [-0.1, -0.05) is 0 Å². The van der Waals surface area contributed by atoms with Crippen LogP contribution in [0.15, 0.2) is 22.7 Å². The van der Waals surface area contributed by atoms with Crippen molar-refractivity contribution in [1.82, 2.24) is 10.6 Å². The maximum atomic E-state index is 12.9. The Labute approximate surface area is 138 Å². The number of hydrogen-bond acceptors (Lipinski definition) is 3. The molecule has 118 valence electrons. The lowest BCUT2D eigenvalue weighted by atomic mass is 10.00. The van der Waals surface area contributed by atoms with E-state index in [0.717, 1.165) is 25.9 Å². The van der Waals surface area contributed by atoms with Crippen LogP contribution in [0.2, 0.25) is 0 Å². The third-order valence-corrected chi connectivity index (χ3v) is 3.86. The molecular formula is C14H19BrClFN2O2. The number of benzene rings is 1. The molecule has 2 N–H and O–H groups in total. The Hall–Kier alpha value is -0.850. The van der Waals surface area contributed by atoms with Gasteiger partial charge in [0.2, 0.25) is 0 Å². The summed E-state index contributed by atoms with van der Waals surface area (Å²) in [6, 6.07) is 4.10. The number of ether oxygens (including phenoxy) is 1. The van der Waals surface area contributed by atoms with Gasteiger partial charge in [0.25, 0.3) is 5.91 Å². The molecule has 1 aliphatic heterocycles. The first-order valence-corrected chi connectivity index (χ1v) is 7.49. The van der Waals surface area contributed by atoms with Crippen molar-refractivity contribution in [2.75, 3.05) is 26.2 Å². The molecule has 0 aromatic heterocycles. The molecule has 1 fully saturated rings. The number of hydrogen-bond donors (Lipinski definition) is 2. The van der Waals surface area contributed by atoms with Crippen molar-refractivity contribution >= 4 is 34.2 Å². The van der Waals surface area contributed by atoms with Crippen LogP contribution in [0.25, 0.3) is 0 Å². The van der Waals surface area contributed by atoms with Gasteiger partial charge in [-0.15, -0.1) is 12.4 Å². The van der Waals surface area contributed by atoms with E-state index in [0.29, 0.717) is 22.7 Å². The van der Waals surface area contributed by atoms with Crippen LogP contribution in [-0.4, -0.2) is 32.1 Å². The van der Waals surface area contributed by atoms with E-state index in [4.69, 9.17) is 4.74 Å². The predicted octanol–water partition coefficient (Wildman–Crippen LogP) is 2.50. The number of carbonyl (C=O) groups excluding carboxylic acids is 1. The normalized spacial score (nSPS) is 17.7. The summed E-state index contributed by atoms with van der Waals surface area (Å²) >= 11 is 3.19. The van der Waals surface area contributed by atoms with Gasteiger partial charge in [0.1, 0.15) is 11.6 Å². The van der Waals surface area contributed by atoms with Crippen molar-refractivity contribution in [2.45, 2.75) is 12.8 Å². The largest absolute Gasteiger partial charge is 0.483 e. The Kier molecular flexibility index (Phi) is 8.00. The second-order valence-corrected chi connectivity index (χ2v) is 5.73. The van der Waals surface area contributed by atoms with Crippen LogP contribution in [0.4, 0.5) is 4.39 Å². The Morgan fingerprint density at radius 3 is 3.00 bits per heavy atom. The molecule has 1 saturated heterocycles. The van der Waals surface area contributed by atoms with Crippen molar-refractivity contribution in [3.8, 4) is 5.75 Å². The second kappa shape index (κ2) is 9.23. The molecule has 1 aliphatic rings. The van der Waals surface area contributed by atoms with Gasteiger partial charge in [0.05, 0.1) is 4.47 Å². The SMILES string of the molecule is Cl.O=C(COc1ccc(F)cc1Br)NCC1CCCNC1. The Morgan fingerprint density at radius 1 is 1.52 bits per heavy atom. The van der Waals surface area contributed by atoms with Crippen molar-refractivity contribution < 1.29 is 13.9 Å². The maximum absolute atomic E-state index is 12.9. The third-order valence-electron chi connectivity index (χ3n) is 3.24. The molecule has 0 radical (unpaired) electrons. The van der Waals surface area contributed by atoms with E-state index in [1.807, 2.05) is 0 Å². The number of rotatable bonds is 5. The summed E-state index contributed by atoms with van der Waals surface area (Å²) in [5.41, 5.74) is 0. The minimum Gasteiger partial charge on any atom is -0.483 e. The summed E-state index contributed by atoms with van der Waals surface area (Å²) in [7, 11) is 0. The molecule has 21 heavy (non-hydrogen) atoms. The molecule has 1 atom stereocenters. The fourth-order valence-electron chi connectivity index (χ4n) is 2.14. The van der Waals surface area contributed by atoms with Crippen molar-refractivity contribution in [3.05, 3.63) is 28.5 Å². The van der Waals surface area contributed by atoms with Gasteiger partial charge >= 0.3 is 0 Å². The topological polar surface area (TPSA) is 50.4 Å². The van der Waals surface area contributed by atoms with E-state index in [-0.39, 0.29) is 30.7 Å². The fourth-order valence-corrected chi connectivity index (χ4v) is 2.61. The lowest BCUT2D eigenvalue weighted by molar-refractivity contribution is -0.123. The van der Waals surface area contributed by atoms with Gasteiger partial charge in [-0.3, -0.25) is 4.79 Å². The van der Waals surface area contributed by atoms with E-state index >= 15 is 0 Å². The van der Waals surface area contributed by atoms with E-state index < -0.39 is 0 Å². The average molecular weight is 382 g/mol. The first-order chi connectivity index (χ1) is 9.65. The molecular weight excluding hydrogens is 363 g/mol. The highest BCUT2D eigenvalue weighted by Crippen LogP contribution is 2.25. The lowest BCUT2D eigenvalue weighted by Crippen LogP contribution is -2.39. The Bertz CT molecular complexity index is 470. The molecule has 0 spiro atoms. The average Bonchev–Trinajstić information content (AvgIpc) is 2.45. The van der Waals surface area contributed by atoms with Gasteiger partial charge in [-0.2, -0.15) is 0 Å². The molecule has 0 bridgehead atoms. The lowest BCUT2D eigenvalue weighted by Gasteiger charge is -2.22. The monoisotopic (exact) mass is 380 g/mol. The molecule has 2 rings (SSSR count). The summed E-state index contributed by atoms with van der Waals surface area (Å²) in [4.78, 5) is 11.7. The number of amides is 1. The van der Waals surface area contributed by atoms with Crippen LogP contribution in [0.3, 0.4) is 0 Å². The van der Waals surface area contributed by atoms with Crippen molar-refractivity contribution in [2.24, 2.45) is 5.92 Å². The zero-order valence-corrected chi connectivity index (χ0v) is 13.9. The summed E-state index contributed by atoms with van der Waals surface area (Å²) in [5.74, 6) is 0.441. The Morgan fingerprint density at radius 2 is 2.33 bits per heavy atom. The smallest absolute Gasteiger partial charge is 0.257 e. The van der Waals surface area contributed by atoms with Crippen LogP contribution in [-0.2, 0) is 4.79 Å². The van der Waals surface area contributed by atoms with Gasteiger partial charge in [-0.05, 0) is 66.0 Å². The molecule has 1 aromatic rings. The van der Waals surface area contributed by atoms with Crippen LogP contribution >= 0.6 is 28.3 Å². The molecule has 7 heteroatoms. The van der Waals surface area contributed by atoms with E-state index in [9.17, 15) is 9.18 Å². The van der Waals surface area contributed by atoms with Crippen LogP contribution in [0.1, 0.15) is 12.8 Å². The number of nitrogens with one attached hydrogen (secondary N) is 2. The molecule has 4 nitrogen and oxygen atoms in total. The minimum atomic E-state index is -0.349. The summed E-state index contributed by atoms with van der Waals surface area (Å²) in [6.07, 6.45) is 2.29. The van der Waals surface area contributed by atoms with Crippen molar-refractivity contribution in [3.63, 3.8) is 0 Å². The quantitative estimate of drug-likeness (QED) is 0.824. The van der Waals surface area contributed by atoms with Gasteiger partial charge in [0.15, 0.2) is 6.61 Å². The van der Waals surface area contributed by atoms with E-state index in [1.165, 1.54) is 18.2 Å². The zero-order chi connectivity index (χ0) is 14.4. The Balaban J connectivity index is 0.00000220. The highest BCUT2D eigenvalue weighted by atomic mass is 79.9. The third kappa shape index (κ3) is 6.20. The molecule has 0 saturated carbocycles. The highest BCUT2D eigenvalue weighted by Gasteiger charge is 2.14. The van der Waals surface area contributed by atoms with E-state index in [1.54, 1.807) is 0 Å². The minimum absolute atomic E-state index is 0. The van der Waals surface area contributed by atoms with Gasteiger partial charge < -0.3 is 15.4 Å². The fraction of sp³-hybridized carbons (Fsp3) is 0.500. The molecule has 0 aliphatic carbocycles. The maximum Gasteiger partial charge on any atom is 0.257 e. The standard InChI is InChI=1S/C14H18BrFN2O2.ClH/c15-12-6-11(16)3-4-13(12)20-9-14(19)18-8-10-2-1-5-17-7-10;/h3-4,6,10,17H,1-2,5,7-9H2,(H,18,19);1H. The van der Waals surface area contributed by atoms with Crippen LogP contribution < -0.4 is 15.4 Å². The molecule has 1 amide bonds.